The summed E-state index contributed by atoms with van der Waals surface area (Å²) < 4.78 is 29.5. The normalized spacial score (nSPS) is 11.2. The summed E-state index contributed by atoms with van der Waals surface area (Å²) in [4.78, 5) is 17.2. The molecule has 0 bridgehead atoms. The Morgan fingerprint density at radius 3 is 2.46 bits per heavy atom. The minimum Gasteiger partial charge on any atom is -0.300 e. The van der Waals surface area contributed by atoms with E-state index in [1.165, 1.54) is 22.4 Å². The SMILES string of the molecule is Cc1ccc(-c2cn3ccn(-c4ccc(F)c(F)c4)c(=O)c3n2)cc1C. The van der Waals surface area contributed by atoms with E-state index in [0.29, 0.717) is 5.69 Å². The van der Waals surface area contributed by atoms with E-state index in [-0.39, 0.29) is 11.3 Å². The van der Waals surface area contributed by atoms with Crippen molar-refractivity contribution in [3.63, 3.8) is 0 Å². The van der Waals surface area contributed by atoms with Crippen LogP contribution in [0.1, 0.15) is 11.1 Å². The first-order valence-electron chi connectivity index (χ1n) is 8.07. The molecule has 2 aromatic heterocycles. The van der Waals surface area contributed by atoms with Crippen molar-refractivity contribution >= 4 is 5.65 Å². The fourth-order valence-electron chi connectivity index (χ4n) is 2.86. The number of benzene rings is 2. The molecule has 4 nitrogen and oxygen atoms in total. The third-order valence-electron chi connectivity index (χ3n) is 4.50. The molecule has 6 heteroatoms. The first-order chi connectivity index (χ1) is 12.4. The summed E-state index contributed by atoms with van der Waals surface area (Å²) in [5.74, 6) is -1.96. The lowest BCUT2D eigenvalue weighted by atomic mass is 10.1. The lowest BCUT2D eigenvalue weighted by molar-refractivity contribution is 0.508. The number of aromatic nitrogens is 3. The summed E-state index contributed by atoms with van der Waals surface area (Å²) in [5.41, 5.74) is 3.95. The lowest BCUT2D eigenvalue weighted by Gasteiger charge is -2.06. The molecule has 4 aromatic rings. The van der Waals surface area contributed by atoms with Gasteiger partial charge < -0.3 is 4.40 Å². The smallest absolute Gasteiger partial charge is 0.298 e. The van der Waals surface area contributed by atoms with Crippen LogP contribution in [-0.2, 0) is 0 Å². The Bertz CT molecular complexity index is 1210. The monoisotopic (exact) mass is 351 g/mol. The Hall–Kier alpha value is -3.28. The molecule has 0 atom stereocenters. The standard InChI is InChI=1S/C20H15F2N3O/c1-12-3-4-14(9-13(12)2)18-11-24-7-8-25(20(26)19(24)23-18)15-5-6-16(21)17(22)10-15/h3-11H,1-2H3. The average Bonchev–Trinajstić information content (AvgIpc) is 3.05. The van der Waals surface area contributed by atoms with Gasteiger partial charge in [0.2, 0.25) is 5.65 Å². The number of hydrogen-bond acceptors (Lipinski definition) is 2. The molecule has 0 aliphatic rings. The number of hydrogen-bond donors (Lipinski definition) is 0. The predicted octanol–water partition coefficient (Wildman–Crippen LogP) is 4.05. The van der Waals surface area contributed by atoms with E-state index < -0.39 is 17.2 Å². The third-order valence-corrected chi connectivity index (χ3v) is 4.50. The van der Waals surface area contributed by atoms with E-state index >= 15 is 0 Å². The van der Waals surface area contributed by atoms with E-state index in [0.717, 1.165) is 23.3 Å². The summed E-state index contributed by atoms with van der Waals surface area (Å²) >= 11 is 0. The second kappa shape index (κ2) is 5.91. The molecule has 0 saturated heterocycles. The number of rotatable bonds is 2. The molecule has 130 valence electrons. The van der Waals surface area contributed by atoms with Crippen LogP contribution in [0.3, 0.4) is 0 Å². The van der Waals surface area contributed by atoms with Gasteiger partial charge in [-0.1, -0.05) is 12.1 Å². The number of fused-ring (bicyclic) bond motifs is 1. The zero-order valence-corrected chi connectivity index (χ0v) is 14.2. The molecule has 2 aromatic carbocycles. The maximum absolute atomic E-state index is 13.5. The molecule has 0 spiro atoms. The van der Waals surface area contributed by atoms with Crippen LogP contribution in [0.2, 0.25) is 0 Å². The highest BCUT2D eigenvalue weighted by Gasteiger charge is 2.12. The van der Waals surface area contributed by atoms with Crippen molar-refractivity contribution in [2.45, 2.75) is 13.8 Å². The molecule has 0 unspecified atom stereocenters. The van der Waals surface area contributed by atoms with Gasteiger partial charge in [0, 0.05) is 30.2 Å². The highest BCUT2D eigenvalue weighted by Crippen LogP contribution is 2.21. The molecule has 0 N–H and O–H groups in total. The van der Waals surface area contributed by atoms with Crippen LogP contribution < -0.4 is 5.56 Å². The van der Waals surface area contributed by atoms with Gasteiger partial charge in [0.15, 0.2) is 11.6 Å². The number of imidazole rings is 1. The largest absolute Gasteiger partial charge is 0.300 e. The highest BCUT2D eigenvalue weighted by molar-refractivity contribution is 5.64. The Labute approximate surface area is 148 Å². The quantitative estimate of drug-likeness (QED) is 0.547. The second-order valence-electron chi connectivity index (χ2n) is 6.23. The highest BCUT2D eigenvalue weighted by atomic mass is 19.2. The molecule has 0 aliphatic heterocycles. The van der Waals surface area contributed by atoms with Gasteiger partial charge in [0.05, 0.1) is 11.4 Å². The number of nitrogens with zero attached hydrogens (tertiary/aromatic N) is 3. The van der Waals surface area contributed by atoms with Gasteiger partial charge in [-0.25, -0.2) is 13.8 Å². The van der Waals surface area contributed by atoms with Gasteiger partial charge in [-0.05, 0) is 43.2 Å². The average molecular weight is 351 g/mol. The van der Waals surface area contributed by atoms with Crippen LogP contribution in [0.4, 0.5) is 8.78 Å². The van der Waals surface area contributed by atoms with Gasteiger partial charge in [0.25, 0.3) is 5.56 Å². The van der Waals surface area contributed by atoms with E-state index in [2.05, 4.69) is 4.98 Å². The van der Waals surface area contributed by atoms with Crippen LogP contribution in [-0.4, -0.2) is 14.0 Å². The molecule has 2 heterocycles. The van der Waals surface area contributed by atoms with Crippen molar-refractivity contribution in [2.75, 3.05) is 0 Å². The number of halogens is 2. The van der Waals surface area contributed by atoms with Crippen LogP contribution in [0.15, 0.2) is 59.8 Å². The summed E-state index contributed by atoms with van der Waals surface area (Å²) in [7, 11) is 0. The zero-order chi connectivity index (χ0) is 18.4. The Kier molecular flexibility index (Phi) is 3.68. The molecular formula is C20H15F2N3O. The maximum atomic E-state index is 13.5. The molecule has 0 amide bonds. The van der Waals surface area contributed by atoms with Crippen LogP contribution in [0.25, 0.3) is 22.6 Å². The maximum Gasteiger partial charge on any atom is 0.298 e. The summed E-state index contributed by atoms with van der Waals surface area (Å²) in [6, 6.07) is 9.31. The van der Waals surface area contributed by atoms with Crippen LogP contribution in [0.5, 0.6) is 0 Å². The van der Waals surface area contributed by atoms with E-state index in [4.69, 9.17) is 0 Å². The van der Waals surface area contributed by atoms with Crippen molar-refractivity contribution in [1.29, 1.82) is 0 Å². The minimum atomic E-state index is -1.01. The van der Waals surface area contributed by atoms with E-state index in [1.54, 1.807) is 16.8 Å². The second-order valence-corrected chi connectivity index (χ2v) is 6.23. The minimum absolute atomic E-state index is 0.213. The number of aryl methyl sites for hydroxylation is 2. The Morgan fingerprint density at radius 2 is 1.73 bits per heavy atom. The van der Waals surface area contributed by atoms with Gasteiger partial charge in [-0.3, -0.25) is 9.36 Å². The molecule has 0 radical (unpaired) electrons. The Morgan fingerprint density at radius 1 is 0.923 bits per heavy atom. The van der Waals surface area contributed by atoms with Crippen molar-refractivity contribution in [3.8, 4) is 16.9 Å². The fourth-order valence-corrected chi connectivity index (χ4v) is 2.86. The molecule has 0 fully saturated rings. The van der Waals surface area contributed by atoms with Crippen molar-refractivity contribution in [3.05, 3.63) is 88.1 Å². The lowest BCUT2D eigenvalue weighted by Crippen LogP contribution is -2.20. The topological polar surface area (TPSA) is 39.3 Å². The molecule has 4 rings (SSSR count). The van der Waals surface area contributed by atoms with Gasteiger partial charge in [-0.15, -0.1) is 0 Å². The van der Waals surface area contributed by atoms with Gasteiger partial charge >= 0.3 is 0 Å². The summed E-state index contributed by atoms with van der Waals surface area (Å²) in [6.07, 6.45) is 4.94. The van der Waals surface area contributed by atoms with Crippen molar-refractivity contribution in [2.24, 2.45) is 0 Å². The molecule has 0 aliphatic carbocycles. The van der Waals surface area contributed by atoms with Crippen LogP contribution >= 0.6 is 0 Å². The van der Waals surface area contributed by atoms with Crippen LogP contribution in [0, 0.1) is 25.5 Å². The predicted molar refractivity (Wildman–Crippen MR) is 95.6 cm³/mol. The van der Waals surface area contributed by atoms with E-state index in [1.807, 2.05) is 32.0 Å². The summed E-state index contributed by atoms with van der Waals surface area (Å²) in [6.45, 7) is 4.05. The zero-order valence-electron chi connectivity index (χ0n) is 14.2. The third kappa shape index (κ3) is 2.60. The first-order valence-corrected chi connectivity index (χ1v) is 8.07. The fraction of sp³-hybridized carbons (Fsp3) is 0.100. The first kappa shape index (κ1) is 16.2. The molecule has 0 saturated carbocycles. The van der Waals surface area contributed by atoms with Crippen molar-refractivity contribution in [1.82, 2.24) is 14.0 Å². The van der Waals surface area contributed by atoms with Gasteiger partial charge in [-0.2, -0.15) is 0 Å². The Balaban J connectivity index is 1.87. The van der Waals surface area contributed by atoms with Gasteiger partial charge in [0.1, 0.15) is 0 Å². The molecule has 26 heavy (non-hydrogen) atoms. The molecular weight excluding hydrogens is 336 g/mol. The van der Waals surface area contributed by atoms with Crippen molar-refractivity contribution < 1.29 is 8.78 Å². The van der Waals surface area contributed by atoms with E-state index in [9.17, 15) is 13.6 Å². The summed E-state index contributed by atoms with van der Waals surface area (Å²) in [5, 5.41) is 0.